The molecule has 0 saturated carbocycles. The van der Waals surface area contributed by atoms with E-state index in [4.69, 9.17) is 5.11 Å². The molecule has 1 N–H and O–H groups in total. The van der Waals surface area contributed by atoms with Crippen LogP contribution < -0.4 is 0 Å². The SMILES string of the molecule is CCC(C(=O)O)N(C)C(=O)c1cn(-c2ccccc2)nn1. The molecule has 1 heterocycles. The number of rotatable bonds is 5. The maximum atomic E-state index is 12.2. The average molecular weight is 288 g/mol. The van der Waals surface area contributed by atoms with Crippen LogP contribution in [0.5, 0.6) is 0 Å². The summed E-state index contributed by atoms with van der Waals surface area (Å²) in [6.07, 6.45) is 1.81. The van der Waals surface area contributed by atoms with Gasteiger partial charge in [-0.25, -0.2) is 9.48 Å². The van der Waals surface area contributed by atoms with E-state index in [1.807, 2.05) is 30.3 Å². The van der Waals surface area contributed by atoms with E-state index in [0.717, 1.165) is 5.69 Å². The largest absolute Gasteiger partial charge is 0.480 e. The van der Waals surface area contributed by atoms with Crippen LogP contribution >= 0.6 is 0 Å². The lowest BCUT2D eigenvalue weighted by atomic mass is 10.2. The van der Waals surface area contributed by atoms with Gasteiger partial charge in [-0.15, -0.1) is 5.10 Å². The van der Waals surface area contributed by atoms with Gasteiger partial charge in [0, 0.05) is 7.05 Å². The second-order valence-corrected chi connectivity index (χ2v) is 4.56. The topological polar surface area (TPSA) is 88.3 Å². The molecule has 1 atom stereocenters. The Morgan fingerprint density at radius 3 is 2.57 bits per heavy atom. The van der Waals surface area contributed by atoms with Crippen molar-refractivity contribution >= 4 is 11.9 Å². The number of aliphatic carboxylic acids is 1. The number of likely N-dealkylation sites (N-methyl/N-ethyl adjacent to an activating group) is 1. The lowest BCUT2D eigenvalue weighted by Gasteiger charge is -2.22. The number of benzene rings is 1. The molecule has 7 heteroatoms. The molecule has 0 saturated heterocycles. The summed E-state index contributed by atoms with van der Waals surface area (Å²) in [5.41, 5.74) is 0.887. The molecule has 7 nitrogen and oxygen atoms in total. The van der Waals surface area contributed by atoms with E-state index >= 15 is 0 Å². The average Bonchev–Trinajstić information content (AvgIpc) is 2.97. The van der Waals surface area contributed by atoms with Crippen LogP contribution in [-0.4, -0.2) is 50.0 Å². The molecule has 1 amide bonds. The molecular formula is C14H16N4O3. The summed E-state index contributed by atoms with van der Waals surface area (Å²) in [6, 6.07) is 8.36. The van der Waals surface area contributed by atoms with Crippen LogP contribution in [0.25, 0.3) is 5.69 Å². The van der Waals surface area contributed by atoms with Crippen LogP contribution in [0.1, 0.15) is 23.8 Å². The van der Waals surface area contributed by atoms with E-state index in [1.54, 1.807) is 6.92 Å². The molecular weight excluding hydrogens is 272 g/mol. The molecule has 2 aromatic rings. The maximum Gasteiger partial charge on any atom is 0.326 e. The first kappa shape index (κ1) is 14.7. The van der Waals surface area contributed by atoms with Gasteiger partial charge in [-0.2, -0.15) is 0 Å². The van der Waals surface area contributed by atoms with Gasteiger partial charge in [0.1, 0.15) is 6.04 Å². The van der Waals surface area contributed by atoms with Gasteiger partial charge in [0.2, 0.25) is 0 Å². The number of carbonyl (C=O) groups is 2. The lowest BCUT2D eigenvalue weighted by molar-refractivity contribution is -0.142. The number of hydrogen-bond acceptors (Lipinski definition) is 4. The second-order valence-electron chi connectivity index (χ2n) is 4.56. The molecule has 0 spiro atoms. The fourth-order valence-electron chi connectivity index (χ4n) is 2.01. The van der Waals surface area contributed by atoms with E-state index in [-0.39, 0.29) is 5.69 Å². The first-order valence-electron chi connectivity index (χ1n) is 6.52. The summed E-state index contributed by atoms with van der Waals surface area (Å²) >= 11 is 0. The molecule has 0 aliphatic heterocycles. The number of carboxylic acids is 1. The van der Waals surface area contributed by atoms with Crippen LogP contribution in [0.2, 0.25) is 0 Å². The first-order chi connectivity index (χ1) is 10.0. The number of para-hydroxylation sites is 1. The third-order valence-electron chi connectivity index (χ3n) is 3.19. The molecule has 1 aromatic carbocycles. The van der Waals surface area contributed by atoms with Crippen LogP contribution in [0.15, 0.2) is 36.5 Å². The van der Waals surface area contributed by atoms with Crippen molar-refractivity contribution in [1.82, 2.24) is 19.9 Å². The Labute approximate surface area is 121 Å². The van der Waals surface area contributed by atoms with Gasteiger partial charge in [0.15, 0.2) is 5.69 Å². The van der Waals surface area contributed by atoms with Crippen LogP contribution in [0, 0.1) is 0 Å². The Balaban J connectivity index is 2.21. The van der Waals surface area contributed by atoms with Gasteiger partial charge in [-0.1, -0.05) is 30.3 Å². The summed E-state index contributed by atoms with van der Waals surface area (Å²) in [5, 5.41) is 16.8. The normalized spacial score (nSPS) is 11.9. The van der Waals surface area contributed by atoms with Gasteiger partial charge < -0.3 is 10.0 Å². The first-order valence-corrected chi connectivity index (χ1v) is 6.52. The molecule has 1 unspecified atom stereocenters. The highest BCUT2D eigenvalue weighted by Gasteiger charge is 2.27. The minimum Gasteiger partial charge on any atom is -0.480 e. The highest BCUT2D eigenvalue weighted by molar-refractivity contribution is 5.94. The quantitative estimate of drug-likeness (QED) is 0.893. The van der Waals surface area contributed by atoms with Crippen molar-refractivity contribution < 1.29 is 14.7 Å². The Morgan fingerprint density at radius 2 is 2.00 bits per heavy atom. The fraction of sp³-hybridized carbons (Fsp3) is 0.286. The summed E-state index contributed by atoms with van der Waals surface area (Å²) < 4.78 is 1.47. The van der Waals surface area contributed by atoms with Crippen LogP contribution in [-0.2, 0) is 4.79 Å². The highest BCUT2D eigenvalue weighted by atomic mass is 16.4. The molecule has 0 bridgehead atoms. The number of aromatic nitrogens is 3. The van der Waals surface area contributed by atoms with Gasteiger partial charge in [-0.05, 0) is 18.6 Å². The molecule has 0 aliphatic carbocycles. The van der Waals surface area contributed by atoms with E-state index in [9.17, 15) is 9.59 Å². The Hall–Kier alpha value is -2.70. The number of amides is 1. The molecule has 0 radical (unpaired) electrons. The summed E-state index contributed by atoms with van der Waals surface area (Å²) in [7, 11) is 1.45. The second kappa shape index (κ2) is 6.17. The van der Waals surface area contributed by atoms with E-state index in [0.29, 0.717) is 6.42 Å². The van der Waals surface area contributed by atoms with Gasteiger partial charge in [0.25, 0.3) is 5.91 Å². The lowest BCUT2D eigenvalue weighted by Crippen LogP contribution is -2.42. The predicted octanol–water partition coefficient (Wildman–Crippen LogP) is 1.20. The maximum absolute atomic E-state index is 12.2. The number of carboxylic acid groups (broad SMARTS) is 1. The van der Waals surface area contributed by atoms with Crippen LogP contribution in [0.3, 0.4) is 0 Å². The van der Waals surface area contributed by atoms with Crippen molar-refractivity contribution in [2.24, 2.45) is 0 Å². The summed E-state index contributed by atoms with van der Waals surface area (Å²) in [5.74, 6) is -1.50. The van der Waals surface area contributed by atoms with Crippen molar-refractivity contribution in [1.29, 1.82) is 0 Å². The summed E-state index contributed by atoms with van der Waals surface area (Å²) in [4.78, 5) is 24.5. The van der Waals surface area contributed by atoms with Gasteiger partial charge >= 0.3 is 5.97 Å². The Morgan fingerprint density at radius 1 is 1.33 bits per heavy atom. The van der Waals surface area contributed by atoms with Gasteiger partial charge in [-0.3, -0.25) is 4.79 Å². The molecule has 0 aliphatic rings. The van der Waals surface area contributed by atoms with Crippen molar-refractivity contribution in [3.8, 4) is 5.69 Å². The minimum atomic E-state index is -1.04. The Kier molecular flexibility index (Phi) is 4.32. The smallest absolute Gasteiger partial charge is 0.326 e. The zero-order valence-electron chi connectivity index (χ0n) is 11.8. The van der Waals surface area contributed by atoms with Crippen molar-refractivity contribution in [3.05, 3.63) is 42.2 Å². The number of hydrogen-bond donors (Lipinski definition) is 1. The number of nitrogens with zero attached hydrogens (tertiary/aromatic N) is 4. The summed E-state index contributed by atoms with van der Waals surface area (Å²) in [6.45, 7) is 1.71. The minimum absolute atomic E-state index is 0.112. The van der Waals surface area contributed by atoms with Crippen molar-refractivity contribution in [2.75, 3.05) is 7.05 Å². The van der Waals surface area contributed by atoms with Gasteiger partial charge in [0.05, 0.1) is 11.9 Å². The zero-order chi connectivity index (χ0) is 15.4. The van der Waals surface area contributed by atoms with Crippen molar-refractivity contribution in [3.63, 3.8) is 0 Å². The monoisotopic (exact) mass is 288 g/mol. The van der Waals surface area contributed by atoms with Crippen molar-refractivity contribution in [2.45, 2.75) is 19.4 Å². The highest BCUT2D eigenvalue weighted by Crippen LogP contribution is 2.10. The molecule has 21 heavy (non-hydrogen) atoms. The third kappa shape index (κ3) is 3.07. The zero-order valence-corrected chi connectivity index (χ0v) is 11.8. The van der Waals surface area contributed by atoms with E-state index in [1.165, 1.54) is 22.8 Å². The molecule has 0 fully saturated rings. The van der Waals surface area contributed by atoms with Crippen LogP contribution in [0.4, 0.5) is 0 Å². The molecule has 110 valence electrons. The molecule has 2 rings (SSSR count). The fourth-order valence-corrected chi connectivity index (χ4v) is 2.01. The number of carbonyl (C=O) groups excluding carboxylic acids is 1. The third-order valence-corrected chi connectivity index (χ3v) is 3.19. The predicted molar refractivity (Wildman–Crippen MR) is 75.2 cm³/mol. The molecule has 1 aromatic heterocycles. The van der Waals surface area contributed by atoms with E-state index in [2.05, 4.69) is 10.3 Å². The van der Waals surface area contributed by atoms with E-state index < -0.39 is 17.9 Å². The Bertz CT molecular complexity index is 639. The standard InChI is InChI=1S/C14H16N4O3/c1-3-12(14(20)21)17(2)13(19)11-9-18(16-15-11)10-7-5-4-6-8-10/h4-9,12H,3H2,1-2H3,(H,20,21).